The molecule has 4 heteroatoms. The molecule has 0 atom stereocenters. The van der Waals surface area contributed by atoms with Crippen molar-refractivity contribution in [2.45, 2.75) is 32.6 Å². The van der Waals surface area contributed by atoms with Crippen LogP contribution in [0.1, 0.15) is 35.7 Å². The molecule has 1 aromatic heterocycles. The van der Waals surface area contributed by atoms with Gasteiger partial charge in [-0.05, 0) is 49.9 Å². The minimum Gasteiger partial charge on any atom is -0.384 e. The number of anilines is 3. The summed E-state index contributed by atoms with van der Waals surface area (Å²) in [5.74, 6) is 2.80. The number of nitrogen functional groups attached to an aromatic ring is 1. The summed E-state index contributed by atoms with van der Waals surface area (Å²) in [6.07, 6.45) is 2.35. The predicted molar refractivity (Wildman–Crippen MR) is 82.4 cm³/mol. The first-order valence-electron chi connectivity index (χ1n) is 6.99. The molecule has 1 aliphatic carbocycles. The average Bonchev–Trinajstić information content (AvgIpc) is 3.20. The second-order valence-corrected chi connectivity index (χ2v) is 5.69. The van der Waals surface area contributed by atoms with E-state index >= 15 is 0 Å². The molecule has 0 spiro atoms. The summed E-state index contributed by atoms with van der Waals surface area (Å²) in [4.78, 5) is 11.1. The summed E-state index contributed by atoms with van der Waals surface area (Å²) in [5.41, 5.74) is 9.54. The van der Waals surface area contributed by atoms with Crippen molar-refractivity contribution in [1.82, 2.24) is 9.97 Å². The summed E-state index contributed by atoms with van der Waals surface area (Å²) < 4.78 is 0. The zero-order chi connectivity index (χ0) is 14.3. The van der Waals surface area contributed by atoms with Crippen LogP contribution in [0.5, 0.6) is 0 Å². The van der Waals surface area contributed by atoms with E-state index in [1.807, 2.05) is 13.1 Å². The Bertz CT molecular complexity index is 627. The van der Waals surface area contributed by atoms with Crippen molar-refractivity contribution in [3.8, 4) is 0 Å². The van der Waals surface area contributed by atoms with Crippen LogP contribution < -0.4 is 10.6 Å². The average molecular weight is 268 g/mol. The summed E-state index contributed by atoms with van der Waals surface area (Å²) in [7, 11) is 2.02. The SMILES string of the molecule is Cc1cc(C)cc(N(C)c2cc(N)nc(C3CC3)n2)c1. The van der Waals surface area contributed by atoms with Crippen LogP contribution >= 0.6 is 0 Å². The van der Waals surface area contributed by atoms with E-state index in [-0.39, 0.29) is 0 Å². The van der Waals surface area contributed by atoms with Gasteiger partial charge in [-0.15, -0.1) is 0 Å². The highest BCUT2D eigenvalue weighted by Crippen LogP contribution is 2.39. The fraction of sp³-hybridized carbons (Fsp3) is 0.375. The molecule has 3 rings (SSSR count). The van der Waals surface area contributed by atoms with Crippen molar-refractivity contribution in [2.24, 2.45) is 0 Å². The Morgan fingerprint density at radius 1 is 1.05 bits per heavy atom. The topological polar surface area (TPSA) is 55.0 Å². The molecule has 2 aromatic rings. The van der Waals surface area contributed by atoms with Crippen LogP contribution in [-0.4, -0.2) is 17.0 Å². The lowest BCUT2D eigenvalue weighted by Gasteiger charge is -2.20. The van der Waals surface area contributed by atoms with E-state index in [2.05, 4.69) is 46.9 Å². The van der Waals surface area contributed by atoms with Crippen LogP contribution in [0.2, 0.25) is 0 Å². The van der Waals surface area contributed by atoms with Gasteiger partial charge in [0.15, 0.2) is 0 Å². The summed E-state index contributed by atoms with van der Waals surface area (Å²) >= 11 is 0. The molecule has 2 N–H and O–H groups in total. The van der Waals surface area contributed by atoms with Crippen LogP contribution in [0, 0.1) is 13.8 Å². The number of rotatable bonds is 3. The van der Waals surface area contributed by atoms with Crippen LogP contribution in [-0.2, 0) is 0 Å². The van der Waals surface area contributed by atoms with Crippen molar-refractivity contribution in [1.29, 1.82) is 0 Å². The summed E-state index contributed by atoms with van der Waals surface area (Å²) in [5, 5.41) is 0. The van der Waals surface area contributed by atoms with Gasteiger partial charge in [-0.25, -0.2) is 9.97 Å². The van der Waals surface area contributed by atoms with Crippen LogP contribution in [0.4, 0.5) is 17.3 Å². The van der Waals surface area contributed by atoms with E-state index < -0.39 is 0 Å². The number of aryl methyl sites for hydroxylation is 2. The quantitative estimate of drug-likeness (QED) is 0.927. The standard InChI is InChI=1S/C16H20N4/c1-10-6-11(2)8-13(7-10)20(3)15-9-14(17)18-16(19-15)12-4-5-12/h6-9,12H,4-5H2,1-3H3,(H2,17,18,19). The Morgan fingerprint density at radius 3 is 2.30 bits per heavy atom. The van der Waals surface area contributed by atoms with E-state index in [0.717, 1.165) is 17.3 Å². The zero-order valence-corrected chi connectivity index (χ0v) is 12.2. The lowest BCUT2D eigenvalue weighted by molar-refractivity contribution is 0.919. The minimum atomic E-state index is 0.505. The van der Waals surface area contributed by atoms with Crippen LogP contribution in [0.3, 0.4) is 0 Å². The van der Waals surface area contributed by atoms with E-state index in [9.17, 15) is 0 Å². The van der Waals surface area contributed by atoms with Crippen molar-refractivity contribution in [3.05, 3.63) is 41.2 Å². The zero-order valence-electron chi connectivity index (χ0n) is 12.2. The first kappa shape index (κ1) is 12.9. The molecule has 1 fully saturated rings. The molecule has 1 aromatic carbocycles. The highest BCUT2D eigenvalue weighted by molar-refractivity contribution is 5.63. The van der Waals surface area contributed by atoms with E-state index in [0.29, 0.717) is 11.7 Å². The number of hydrogen-bond acceptors (Lipinski definition) is 4. The Labute approximate surface area is 119 Å². The van der Waals surface area contributed by atoms with Gasteiger partial charge >= 0.3 is 0 Å². The fourth-order valence-electron chi connectivity index (χ4n) is 2.44. The van der Waals surface area contributed by atoms with Crippen molar-refractivity contribution in [2.75, 3.05) is 17.7 Å². The van der Waals surface area contributed by atoms with Gasteiger partial charge in [0.2, 0.25) is 0 Å². The van der Waals surface area contributed by atoms with E-state index in [1.165, 1.54) is 24.0 Å². The van der Waals surface area contributed by atoms with E-state index in [4.69, 9.17) is 5.73 Å². The highest BCUT2D eigenvalue weighted by Gasteiger charge is 2.27. The third-order valence-corrected chi connectivity index (χ3v) is 3.63. The van der Waals surface area contributed by atoms with Crippen molar-refractivity contribution < 1.29 is 0 Å². The molecule has 104 valence electrons. The lowest BCUT2D eigenvalue weighted by atomic mass is 10.1. The smallest absolute Gasteiger partial charge is 0.138 e. The normalized spacial score (nSPS) is 14.3. The number of nitrogens with two attached hydrogens (primary N) is 1. The Morgan fingerprint density at radius 2 is 1.70 bits per heavy atom. The third-order valence-electron chi connectivity index (χ3n) is 3.63. The molecule has 1 aliphatic rings. The maximum atomic E-state index is 5.92. The molecule has 0 amide bonds. The molecule has 0 saturated heterocycles. The molecule has 1 saturated carbocycles. The second-order valence-electron chi connectivity index (χ2n) is 5.69. The van der Waals surface area contributed by atoms with Gasteiger partial charge in [0, 0.05) is 24.7 Å². The van der Waals surface area contributed by atoms with E-state index in [1.54, 1.807) is 0 Å². The maximum absolute atomic E-state index is 5.92. The first-order valence-corrected chi connectivity index (χ1v) is 6.99. The maximum Gasteiger partial charge on any atom is 0.138 e. The molecule has 0 unspecified atom stereocenters. The molecule has 0 radical (unpaired) electrons. The van der Waals surface area contributed by atoms with Gasteiger partial charge < -0.3 is 10.6 Å². The van der Waals surface area contributed by atoms with Gasteiger partial charge in [0.25, 0.3) is 0 Å². The Kier molecular flexibility index (Phi) is 3.08. The molecule has 0 aliphatic heterocycles. The molecule has 4 nitrogen and oxygen atoms in total. The monoisotopic (exact) mass is 268 g/mol. The van der Waals surface area contributed by atoms with Crippen molar-refractivity contribution >= 4 is 17.3 Å². The number of nitrogens with zero attached hydrogens (tertiary/aromatic N) is 3. The predicted octanol–water partition coefficient (Wildman–Crippen LogP) is 3.32. The molecule has 0 bridgehead atoms. The first-order chi connectivity index (χ1) is 9.52. The minimum absolute atomic E-state index is 0.505. The fourth-order valence-corrected chi connectivity index (χ4v) is 2.44. The number of benzene rings is 1. The Hall–Kier alpha value is -2.10. The van der Waals surface area contributed by atoms with Gasteiger partial charge in [0.05, 0.1) is 0 Å². The van der Waals surface area contributed by atoms with Gasteiger partial charge in [0.1, 0.15) is 17.5 Å². The Balaban J connectivity index is 1.98. The second kappa shape index (κ2) is 4.78. The van der Waals surface area contributed by atoms with Gasteiger partial charge in [-0.1, -0.05) is 6.07 Å². The van der Waals surface area contributed by atoms with Crippen molar-refractivity contribution in [3.63, 3.8) is 0 Å². The van der Waals surface area contributed by atoms with Crippen LogP contribution in [0.15, 0.2) is 24.3 Å². The molecular formula is C16H20N4. The highest BCUT2D eigenvalue weighted by atomic mass is 15.2. The lowest BCUT2D eigenvalue weighted by Crippen LogP contribution is -2.14. The largest absolute Gasteiger partial charge is 0.384 e. The summed E-state index contributed by atoms with van der Waals surface area (Å²) in [6, 6.07) is 8.31. The third kappa shape index (κ3) is 2.59. The molecule has 20 heavy (non-hydrogen) atoms. The van der Waals surface area contributed by atoms with Gasteiger partial charge in [-0.2, -0.15) is 0 Å². The number of aromatic nitrogens is 2. The van der Waals surface area contributed by atoms with Crippen LogP contribution in [0.25, 0.3) is 0 Å². The van der Waals surface area contributed by atoms with Gasteiger partial charge in [-0.3, -0.25) is 0 Å². The summed E-state index contributed by atoms with van der Waals surface area (Å²) in [6.45, 7) is 4.21. The molecule has 1 heterocycles. The number of hydrogen-bond donors (Lipinski definition) is 1. The molecular weight excluding hydrogens is 248 g/mol.